The third-order valence-electron chi connectivity index (χ3n) is 3.65. The average molecular weight is 223 g/mol. The van der Waals surface area contributed by atoms with Crippen molar-refractivity contribution in [1.29, 1.82) is 0 Å². The number of nitrogen functional groups attached to an aromatic ring is 1. The van der Waals surface area contributed by atoms with Crippen molar-refractivity contribution >= 4 is 5.82 Å². The zero-order valence-corrected chi connectivity index (χ0v) is 9.50. The van der Waals surface area contributed by atoms with Gasteiger partial charge < -0.3 is 10.8 Å². The van der Waals surface area contributed by atoms with E-state index in [2.05, 4.69) is 11.9 Å². The van der Waals surface area contributed by atoms with Crippen LogP contribution in [0.15, 0.2) is 17.1 Å². The molecular formula is C11H17N3O2. The summed E-state index contributed by atoms with van der Waals surface area (Å²) in [5.74, 6) is 0.828. The fourth-order valence-corrected chi connectivity index (χ4v) is 2.38. The first-order valence-electron chi connectivity index (χ1n) is 5.53. The topological polar surface area (TPSA) is 81.1 Å². The van der Waals surface area contributed by atoms with Gasteiger partial charge in [-0.25, -0.2) is 4.79 Å². The molecule has 1 aliphatic rings. The molecule has 2 rings (SSSR count). The number of nitrogens with two attached hydrogens (primary N) is 1. The molecule has 88 valence electrons. The summed E-state index contributed by atoms with van der Waals surface area (Å²) < 4.78 is 1.49. The Kier molecular flexibility index (Phi) is 2.71. The van der Waals surface area contributed by atoms with Crippen molar-refractivity contribution in [2.75, 3.05) is 5.73 Å². The van der Waals surface area contributed by atoms with E-state index in [-0.39, 0.29) is 23.5 Å². The van der Waals surface area contributed by atoms with Crippen LogP contribution >= 0.6 is 0 Å². The molecule has 0 saturated heterocycles. The first-order valence-corrected chi connectivity index (χ1v) is 5.53. The van der Waals surface area contributed by atoms with Crippen molar-refractivity contribution in [2.45, 2.75) is 32.4 Å². The second kappa shape index (κ2) is 3.90. The molecule has 5 nitrogen and oxygen atoms in total. The van der Waals surface area contributed by atoms with Crippen LogP contribution in [-0.2, 0) is 0 Å². The summed E-state index contributed by atoms with van der Waals surface area (Å²) in [6, 6.07) is 1.41. The molecule has 0 amide bonds. The lowest BCUT2D eigenvalue weighted by atomic mass is 9.99. The quantitative estimate of drug-likeness (QED) is 0.722. The molecule has 1 aromatic rings. The van der Waals surface area contributed by atoms with E-state index >= 15 is 0 Å². The lowest BCUT2D eigenvalue weighted by Gasteiger charge is -2.19. The second-order valence-corrected chi connectivity index (χ2v) is 4.67. The molecule has 0 aliphatic heterocycles. The molecule has 4 atom stereocenters. The van der Waals surface area contributed by atoms with Crippen molar-refractivity contribution in [3.05, 3.63) is 22.7 Å². The van der Waals surface area contributed by atoms with E-state index in [9.17, 15) is 9.90 Å². The summed E-state index contributed by atoms with van der Waals surface area (Å²) >= 11 is 0. The molecule has 0 aromatic carbocycles. The van der Waals surface area contributed by atoms with E-state index in [0.717, 1.165) is 6.42 Å². The Labute approximate surface area is 93.9 Å². The number of hydrogen-bond donors (Lipinski definition) is 2. The minimum atomic E-state index is -0.488. The van der Waals surface area contributed by atoms with Crippen molar-refractivity contribution < 1.29 is 5.11 Å². The molecule has 16 heavy (non-hydrogen) atoms. The number of nitrogens with zero attached hydrogens (tertiary/aromatic N) is 2. The van der Waals surface area contributed by atoms with Gasteiger partial charge in [-0.1, -0.05) is 13.8 Å². The standard InChI is InChI=1S/C11H17N3O2/c1-6-5-8(10(15)7(6)2)14-4-3-9(12)13-11(14)16/h3-4,6-8,10,15H,5H2,1-2H3,(H2,12,13,16). The SMILES string of the molecule is CC1CC(n2ccc(N)nc2=O)C(O)C1C. The third kappa shape index (κ3) is 1.71. The largest absolute Gasteiger partial charge is 0.391 e. The Morgan fingerprint density at radius 3 is 2.75 bits per heavy atom. The van der Waals surface area contributed by atoms with E-state index < -0.39 is 6.10 Å². The monoisotopic (exact) mass is 223 g/mol. The number of rotatable bonds is 1. The van der Waals surface area contributed by atoms with Crippen LogP contribution in [0.3, 0.4) is 0 Å². The zero-order chi connectivity index (χ0) is 11.9. The van der Waals surface area contributed by atoms with Crippen LogP contribution in [0.25, 0.3) is 0 Å². The van der Waals surface area contributed by atoms with Crippen LogP contribution in [0.1, 0.15) is 26.3 Å². The molecule has 5 heteroatoms. The van der Waals surface area contributed by atoms with Crippen molar-refractivity contribution in [2.24, 2.45) is 11.8 Å². The number of aromatic nitrogens is 2. The van der Waals surface area contributed by atoms with Crippen LogP contribution in [0.4, 0.5) is 5.82 Å². The van der Waals surface area contributed by atoms with E-state index in [4.69, 9.17) is 5.73 Å². The van der Waals surface area contributed by atoms with Crippen LogP contribution < -0.4 is 11.4 Å². The van der Waals surface area contributed by atoms with Gasteiger partial charge in [-0.05, 0) is 24.3 Å². The maximum atomic E-state index is 11.6. The number of aliphatic hydroxyl groups is 1. The second-order valence-electron chi connectivity index (χ2n) is 4.67. The third-order valence-corrected chi connectivity index (χ3v) is 3.65. The first kappa shape index (κ1) is 11.1. The van der Waals surface area contributed by atoms with Gasteiger partial charge in [0, 0.05) is 6.20 Å². The molecule has 1 fully saturated rings. The molecule has 0 spiro atoms. The molecular weight excluding hydrogens is 206 g/mol. The summed E-state index contributed by atoms with van der Waals surface area (Å²) in [7, 11) is 0. The molecule has 1 heterocycles. The minimum Gasteiger partial charge on any atom is -0.391 e. The fraction of sp³-hybridized carbons (Fsp3) is 0.636. The molecule has 0 radical (unpaired) electrons. The summed E-state index contributed by atoms with van der Waals surface area (Å²) in [6.45, 7) is 4.09. The summed E-state index contributed by atoms with van der Waals surface area (Å²) in [6.07, 6.45) is 1.93. The van der Waals surface area contributed by atoms with Gasteiger partial charge in [-0.2, -0.15) is 4.98 Å². The summed E-state index contributed by atoms with van der Waals surface area (Å²) in [5.41, 5.74) is 5.04. The molecule has 1 aliphatic carbocycles. The number of aliphatic hydroxyl groups excluding tert-OH is 1. The predicted molar refractivity (Wildman–Crippen MR) is 60.9 cm³/mol. The number of hydrogen-bond acceptors (Lipinski definition) is 4. The van der Waals surface area contributed by atoms with E-state index in [1.54, 1.807) is 12.3 Å². The highest BCUT2D eigenvalue weighted by Crippen LogP contribution is 2.38. The average Bonchev–Trinajstić information content (AvgIpc) is 2.46. The lowest BCUT2D eigenvalue weighted by molar-refractivity contribution is 0.0941. The maximum absolute atomic E-state index is 11.6. The zero-order valence-electron chi connectivity index (χ0n) is 9.50. The van der Waals surface area contributed by atoms with Gasteiger partial charge in [0.15, 0.2) is 0 Å². The van der Waals surface area contributed by atoms with Crippen molar-refractivity contribution in [3.8, 4) is 0 Å². The van der Waals surface area contributed by atoms with Crippen LogP contribution in [0.2, 0.25) is 0 Å². The Morgan fingerprint density at radius 2 is 2.25 bits per heavy atom. The summed E-state index contributed by atoms with van der Waals surface area (Å²) in [4.78, 5) is 15.3. The van der Waals surface area contributed by atoms with Crippen LogP contribution in [0, 0.1) is 11.8 Å². The normalized spacial score (nSPS) is 34.2. The Morgan fingerprint density at radius 1 is 1.56 bits per heavy atom. The minimum absolute atomic E-state index is 0.175. The van der Waals surface area contributed by atoms with Crippen LogP contribution in [0.5, 0.6) is 0 Å². The van der Waals surface area contributed by atoms with E-state index in [1.165, 1.54) is 4.57 Å². The molecule has 3 N–H and O–H groups in total. The van der Waals surface area contributed by atoms with Gasteiger partial charge in [-0.15, -0.1) is 0 Å². The van der Waals surface area contributed by atoms with Gasteiger partial charge in [0.1, 0.15) is 5.82 Å². The molecule has 0 bridgehead atoms. The predicted octanol–water partition coefficient (Wildman–Crippen LogP) is 0.403. The van der Waals surface area contributed by atoms with Gasteiger partial charge in [0.25, 0.3) is 0 Å². The molecule has 4 unspecified atom stereocenters. The van der Waals surface area contributed by atoms with Gasteiger partial charge in [0.2, 0.25) is 0 Å². The molecule has 1 aromatic heterocycles. The summed E-state index contributed by atoms with van der Waals surface area (Å²) in [5, 5.41) is 10.1. The lowest BCUT2D eigenvalue weighted by Crippen LogP contribution is -2.32. The first-order chi connectivity index (χ1) is 7.50. The Hall–Kier alpha value is -1.36. The highest BCUT2D eigenvalue weighted by molar-refractivity contribution is 5.23. The van der Waals surface area contributed by atoms with Crippen LogP contribution in [-0.4, -0.2) is 20.8 Å². The van der Waals surface area contributed by atoms with Crippen molar-refractivity contribution in [3.63, 3.8) is 0 Å². The highest BCUT2D eigenvalue weighted by atomic mass is 16.3. The smallest absolute Gasteiger partial charge is 0.349 e. The van der Waals surface area contributed by atoms with Gasteiger partial charge >= 0.3 is 5.69 Å². The van der Waals surface area contributed by atoms with Gasteiger partial charge in [-0.3, -0.25) is 4.57 Å². The van der Waals surface area contributed by atoms with Gasteiger partial charge in [0.05, 0.1) is 12.1 Å². The Bertz CT molecular complexity index is 443. The maximum Gasteiger partial charge on any atom is 0.349 e. The highest BCUT2D eigenvalue weighted by Gasteiger charge is 2.38. The Balaban J connectivity index is 2.35. The fourth-order valence-electron chi connectivity index (χ4n) is 2.38. The van der Waals surface area contributed by atoms with E-state index in [0.29, 0.717) is 5.92 Å². The van der Waals surface area contributed by atoms with E-state index in [1.807, 2.05) is 6.92 Å². The molecule has 1 saturated carbocycles. The van der Waals surface area contributed by atoms with Crippen molar-refractivity contribution in [1.82, 2.24) is 9.55 Å². The number of anilines is 1.